The molecule has 0 radical (unpaired) electrons. The van der Waals surface area contributed by atoms with E-state index in [1.165, 1.54) is 31.4 Å². The minimum absolute atomic E-state index is 0.0192. The Bertz CT molecular complexity index is 917. The van der Waals surface area contributed by atoms with Gasteiger partial charge in [-0.25, -0.2) is 8.42 Å². The van der Waals surface area contributed by atoms with Crippen LogP contribution in [0.3, 0.4) is 0 Å². The molecule has 0 bridgehead atoms. The number of allylic oxidation sites excluding steroid dienone is 1. The molecule has 24 heavy (non-hydrogen) atoms. The molecule has 124 valence electrons. The number of rotatable bonds is 5. The van der Waals surface area contributed by atoms with Gasteiger partial charge < -0.3 is 10.1 Å². The first-order chi connectivity index (χ1) is 11.4. The number of nitrogens with zero attached hydrogens (tertiary/aromatic N) is 1. The summed E-state index contributed by atoms with van der Waals surface area (Å²) in [4.78, 5) is -0.453. The van der Waals surface area contributed by atoms with E-state index in [0.29, 0.717) is 21.5 Å². The monoisotopic (exact) mass is 382 g/mol. The van der Waals surface area contributed by atoms with Crippen LogP contribution in [0.15, 0.2) is 58.5 Å². The van der Waals surface area contributed by atoms with Crippen molar-refractivity contribution in [2.75, 3.05) is 12.4 Å². The number of nitriles is 1. The lowest BCUT2D eigenvalue weighted by atomic mass is 10.3. The van der Waals surface area contributed by atoms with Gasteiger partial charge in [-0.15, -0.1) is 0 Å². The number of benzene rings is 2. The number of ether oxygens (including phenoxy) is 1. The molecule has 1 N–H and O–H groups in total. The second kappa shape index (κ2) is 7.58. The van der Waals surface area contributed by atoms with E-state index in [0.717, 1.165) is 6.20 Å². The van der Waals surface area contributed by atoms with Crippen LogP contribution in [0.5, 0.6) is 5.75 Å². The van der Waals surface area contributed by atoms with E-state index in [-0.39, 0.29) is 4.90 Å². The predicted octanol–water partition coefficient (Wildman–Crippen LogP) is 4.25. The third-order valence-corrected chi connectivity index (χ3v) is 5.27. The van der Waals surface area contributed by atoms with Crippen molar-refractivity contribution in [1.82, 2.24) is 0 Å². The summed E-state index contributed by atoms with van der Waals surface area (Å²) in [7, 11) is -2.45. The van der Waals surface area contributed by atoms with E-state index in [2.05, 4.69) is 5.32 Å². The Morgan fingerprint density at radius 3 is 2.42 bits per heavy atom. The Morgan fingerprint density at radius 1 is 1.21 bits per heavy atom. The first-order valence-electron chi connectivity index (χ1n) is 6.59. The summed E-state index contributed by atoms with van der Waals surface area (Å²) in [6, 6.07) is 12.1. The van der Waals surface area contributed by atoms with Crippen LogP contribution in [0.4, 0.5) is 5.69 Å². The highest BCUT2D eigenvalue weighted by molar-refractivity contribution is 7.95. The second-order valence-corrected chi connectivity index (χ2v) is 7.33. The molecular weight excluding hydrogens is 371 g/mol. The number of hydrogen-bond acceptors (Lipinski definition) is 5. The van der Waals surface area contributed by atoms with Crippen LogP contribution in [0, 0.1) is 11.3 Å². The summed E-state index contributed by atoms with van der Waals surface area (Å²) in [6.45, 7) is 0. The molecular formula is C16H12Cl2N2O3S. The van der Waals surface area contributed by atoms with Gasteiger partial charge in [-0.05, 0) is 42.5 Å². The maximum atomic E-state index is 12.4. The van der Waals surface area contributed by atoms with Crippen LogP contribution in [-0.2, 0) is 9.84 Å². The van der Waals surface area contributed by atoms with Crippen molar-refractivity contribution in [2.24, 2.45) is 0 Å². The minimum atomic E-state index is -3.94. The van der Waals surface area contributed by atoms with Crippen LogP contribution in [0.25, 0.3) is 0 Å². The lowest BCUT2D eigenvalue weighted by Gasteiger charge is -2.07. The Balaban J connectivity index is 2.30. The first-order valence-corrected chi connectivity index (χ1v) is 8.83. The van der Waals surface area contributed by atoms with Gasteiger partial charge in [-0.1, -0.05) is 23.2 Å². The molecule has 0 fully saturated rings. The average molecular weight is 383 g/mol. The molecule has 0 aliphatic carbocycles. The molecule has 0 spiro atoms. The SMILES string of the molecule is COc1ccc(NC=C(C#N)S(=O)(=O)c2ccc(Cl)cc2)cc1Cl. The van der Waals surface area contributed by atoms with E-state index >= 15 is 0 Å². The van der Waals surface area contributed by atoms with Gasteiger partial charge >= 0.3 is 0 Å². The van der Waals surface area contributed by atoms with Gasteiger partial charge in [0.05, 0.1) is 17.0 Å². The fourth-order valence-electron chi connectivity index (χ4n) is 1.82. The topological polar surface area (TPSA) is 79.2 Å². The van der Waals surface area contributed by atoms with Gasteiger partial charge in [0.1, 0.15) is 11.8 Å². The Morgan fingerprint density at radius 2 is 1.88 bits per heavy atom. The van der Waals surface area contributed by atoms with E-state index in [4.69, 9.17) is 27.9 Å². The smallest absolute Gasteiger partial charge is 0.218 e. The van der Waals surface area contributed by atoms with Crippen molar-refractivity contribution in [2.45, 2.75) is 4.90 Å². The molecule has 2 aromatic rings. The summed E-state index contributed by atoms with van der Waals surface area (Å²) >= 11 is 11.7. The number of hydrogen-bond donors (Lipinski definition) is 1. The minimum Gasteiger partial charge on any atom is -0.495 e. The maximum absolute atomic E-state index is 12.4. The van der Waals surface area contributed by atoms with E-state index in [9.17, 15) is 13.7 Å². The van der Waals surface area contributed by atoms with E-state index in [1.807, 2.05) is 0 Å². The predicted molar refractivity (Wildman–Crippen MR) is 94.0 cm³/mol. The maximum Gasteiger partial charge on any atom is 0.218 e. The van der Waals surface area contributed by atoms with Crippen LogP contribution in [0.2, 0.25) is 10.0 Å². The first kappa shape index (κ1) is 18.1. The third-order valence-electron chi connectivity index (χ3n) is 3.05. The third kappa shape index (κ3) is 4.01. The largest absolute Gasteiger partial charge is 0.495 e. The number of methoxy groups -OCH3 is 1. The number of anilines is 1. The van der Waals surface area contributed by atoms with Crippen molar-refractivity contribution < 1.29 is 13.2 Å². The molecule has 5 nitrogen and oxygen atoms in total. The normalized spacial score (nSPS) is 11.7. The summed E-state index contributed by atoms with van der Waals surface area (Å²) < 4.78 is 29.9. The highest BCUT2D eigenvalue weighted by atomic mass is 35.5. The van der Waals surface area contributed by atoms with Gasteiger partial charge in [-0.2, -0.15) is 5.26 Å². The van der Waals surface area contributed by atoms with E-state index < -0.39 is 14.7 Å². The number of sulfone groups is 1. The van der Waals surface area contributed by atoms with Crippen molar-refractivity contribution >= 4 is 38.7 Å². The molecule has 0 aromatic heterocycles. The van der Waals surface area contributed by atoms with Gasteiger partial charge in [0.2, 0.25) is 9.84 Å². The molecule has 0 saturated heterocycles. The highest BCUT2D eigenvalue weighted by Gasteiger charge is 2.20. The van der Waals surface area contributed by atoms with Crippen molar-refractivity contribution in [3.05, 3.63) is 63.6 Å². The molecule has 0 aliphatic rings. The standard InChI is InChI=1S/C16H12Cl2N2O3S/c1-23-16-7-4-12(8-15(16)18)20-10-14(9-19)24(21,22)13-5-2-11(17)3-6-13/h2-8,10,20H,1H3. The highest BCUT2D eigenvalue weighted by Crippen LogP contribution is 2.27. The van der Waals surface area contributed by atoms with Crippen molar-refractivity contribution in [3.63, 3.8) is 0 Å². The van der Waals surface area contributed by atoms with Gasteiger partial charge in [-0.3, -0.25) is 0 Å². The molecule has 8 heteroatoms. The molecule has 0 aliphatic heterocycles. The Labute approximate surface area is 150 Å². The summed E-state index contributed by atoms with van der Waals surface area (Å²) in [5, 5.41) is 12.7. The average Bonchev–Trinajstić information content (AvgIpc) is 2.55. The lowest BCUT2D eigenvalue weighted by molar-refractivity contribution is 0.415. The molecule has 0 heterocycles. The fraction of sp³-hybridized carbons (Fsp3) is 0.0625. The fourth-order valence-corrected chi connectivity index (χ4v) is 3.28. The molecule has 0 amide bonds. The van der Waals surface area contributed by atoms with Crippen molar-refractivity contribution in [1.29, 1.82) is 5.26 Å². The van der Waals surface area contributed by atoms with Crippen LogP contribution < -0.4 is 10.1 Å². The second-order valence-electron chi connectivity index (χ2n) is 4.57. The molecule has 0 atom stereocenters. The van der Waals surface area contributed by atoms with Crippen molar-refractivity contribution in [3.8, 4) is 11.8 Å². The Hall–Kier alpha value is -2.20. The van der Waals surface area contributed by atoms with Crippen LogP contribution in [-0.4, -0.2) is 15.5 Å². The lowest BCUT2D eigenvalue weighted by Crippen LogP contribution is -2.05. The summed E-state index contributed by atoms with van der Waals surface area (Å²) in [6.07, 6.45) is 1.11. The molecule has 2 rings (SSSR count). The van der Waals surface area contributed by atoms with Gasteiger partial charge in [0.25, 0.3) is 0 Å². The quantitative estimate of drug-likeness (QED) is 0.781. The summed E-state index contributed by atoms with van der Waals surface area (Å²) in [5.41, 5.74) is 0.514. The zero-order valence-electron chi connectivity index (χ0n) is 12.5. The van der Waals surface area contributed by atoms with Gasteiger partial charge in [0.15, 0.2) is 4.91 Å². The molecule has 0 saturated carbocycles. The van der Waals surface area contributed by atoms with Crippen LogP contribution >= 0.6 is 23.2 Å². The van der Waals surface area contributed by atoms with E-state index in [1.54, 1.807) is 24.3 Å². The van der Waals surface area contributed by atoms with Gasteiger partial charge in [0, 0.05) is 16.9 Å². The number of nitrogens with one attached hydrogen (secondary N) is 1. The number of halogens is 2. The molecule has 0 unspecified atom stereocenters. The van der Waals surface area contributed by atoms with Crippen LogP contribution in [0.1, 0.15) is 0 Å². The zero-order valence-corrected chi connectivity index (χ0v) is 14.8. The Kier molecular flexibility index (Phi) is 5.73. The summed E-state index contributed by atoms with van der Waals surface area (Å²) in [5.74, 6) is 0.487. The molecule has 2 aromatic carbocycles. The zero-order chi connectivity index (χ0) is 17.7.